The Kier molecular flexibility index (Phi) is 9.35. The Bertz CT molecular complexity index is 905. The number of amides is 2. The van der Waals surface area contributed by atoms with E-state index in [2.05, 4.69) is 38.8 Å². The maximum atomic E-state index is 13.1. The zero-order valence-corrected chi connectivity index (χ0v) is 25.1. The highest BCUT2D eigenvalue weighted by Crippen LogP contribution is 2.37. The predicted molar refractivity (Wildman–Crippen MR) is 148 cm³/mol. The first-order valence-electron chi connectivity index (χ1n) is 13.5. The third-order valence-corrected chi connectivity index (χ3v) is 12.3. The second-order valence-corrected chi connectivity index (χ2v) is 17.6. The maximum absolute atomic E-state index is 13.1. The SMILES string of the molecule is CC(C)(C)OC(=O)N1C[C@@H](N2CCN(C(=O)OCc3ccccc3)CC2)C[C@H]1CO[Si](C)(C)C(C)(C)C. The van der Waals surface area contributed by atoms with Gasteiger partial charge in [-0.2, -0.15) is 0 Å². The molecule has 2 aliphatic rings. The highest BCUT2D eigenvalue weighted by atomic mass is 28.4. The zero-order chi connectivity index (χ0) is 27.4. The maximum Gasteiger partial charge on any atom is 0.410 e. The number of nitrogens with zero attached hydrogens (tertiary/aromatic N) is 3. The van der Waals surface area contributed by atoms with Crippen LogP contribution in [-0.2, 0) is 20.5 Å². The van der Waals surface area contributed by atoms with E-state index in [0.717, 1.165) is 25.1 Å². The summed E-state index contributed by atoms with van der Waals surface area (Å²) in [6.07, 6.45) is 0.291. The lowest BCUT2D eigenvalue weighted by Gasteiger charge is -2.38. The molecule has 0 aliphatic carbocycles. The molecule has 3 rings (SSSR count). The van der Waals surface area contributed by atoms with Crippen molar-refractivity contribution in [3.8, 4) is 0 Å². The van der Waals surface area contributed by atoms with Gasteiger partial charge >= 0.3 is 12.2 Å². The summed E-state index contributed by atoms with van der Waals surface area (Å²) in [5.74, 6) is 0. The summed E-state index contributed by atoms with van der Waals surface area (Å²) in [6, 6.07) is 9.91. The van der Waals surface area contributed by atoms with Crippen molar-refractivity contribution < 1.29 is 23.5 Å². The lowest BCUT2D eigenvalue weighted by atomic mass is 10.1. The Labute approximate surface area is 224 Å². The van der Waals surface area contributed by atoms with Gasteiger partial charge in [-0.1, -0.05) is 51.1 Å². The normalized spacial score (nSPS) is 21.7. The van der Waals surface area contributed by atoms with Crippen molar-refractivity contribution in [2.24, 2.45) is 0 Å². The van der Waals surface area contributed by atoms with E-state index in [-0.39, 0.29) is 35.9 Å². The average molecular weight is 534 g/mol. The molecule has 2 heterocycles. The fourth-order valence-electron chi connectivity index (χ4n) is 4.46. The van der Waals surface area contributed by atoms with Gasteiger partial charge in [0, 0.05) is 38.8 Å². The number of rotatable bonds is 6. The first-order valence-corrected chi connectivity index (χ1v) is 16.4. The van der Waals surface area contributed by atoms with E-state index in [1.165, 1.54) is 0 Å². The minimum atomic E-state index is -1.95. The van der Waals surface area contributed by atoms with Crippen LogP contribution in [0.15, 0.2) is 30.3 Å². The number of carbonyl (C=O) groups excluding carboxylic acids is 2. The molecule has 0 unspecified atom stereocenters. The van der Waals surface area contributed by atoms with Crippen LogP contribution in [0.25, 0.3) is 0 Å². The predicted octanol–water partition coefficient (Wildman–Crippen LogP) is 5.34. The third-order valence-electron chi connectivity index (χ3n) is 7.76. The smallest absolute Gasteiger partial charge is 0.410 e. The average Bonchev–Trinajstić information content (AvgIpc) is 3.25. The van der Waals surface area contributed by atoms with Gasteiger partial charge < -0.3 is 23.7 Å². The Hall–Kier alpha value is -2.10. The minimum Gasteiger partial charge on any atom is -0.445 e. The number of piperazine rings is 1. The molecule has 208 valence electrons. The van der Waals surface area contributed by atoms with Crippen LogP contribution in [-0.4, -0.2) is 92.2 Å². The van der Waals surface area contributed by atoms with Crippen molar-refractivity contribution in [1.29, 1.82) is 0 Å². The Morgan fingerprint density at radius 2 is 1.57 bits per heavy atom. The van der Waals surface area contributed by atoms with Crippen LogP contribution in [0.5, 0.6) is 0 Å². The first-order chi connectivity index (χ1) is 17.2. The summed E-state index contributed by atoms with van der Waals surface area (Å²) < 4.78 is 17.8. The molecule has 0 radical (unpaired) electrons. The molecular formula is C28H47N3O5Si. The molecule has 0 N–H and O–H groups in total. The van der Waals surface area contributed by atoms with Gasteiger partial charge in [-0.3, -0.25) is 4.90 Å². The molecule has 37 heavy (non-hydrogen) atoms. The zero-order valence-electron chi connectivity index (χ0n) is 24.1. The second kappa shape index (κ2) is 11.7. The molecule has 1 aromatic rings. The number of carbonyl (C=O) groups is 2. The highest BCUT2D eigenvalue weighted by molar-refractivity contribution is 6.74. The van der Waals surface area contributed by atoms with Crippen molar-refractivity contribution >= 4 is 20.5 Å². The van der Waals surface area contributed by atoms with E-state index in [9.17, 15) is 9.59 Å². The van der Waals surface area contributed by atoms with Gasteiger partial charge in [0.2, 0.25) is 0 Å². The van der Waals surface area contributed by atoms with Gasteiger partial charge in [-0.15, -0.1) is 0 Å². The van der Waals surface area contributed by atoms with E-state index >= 15 is 0 Å². The topological polar surface area (TPSA) is 71.6 Å². The molecule has 2 fully saturated rings. The molecule has 2 aliphatic heterocycles. The molecule has 0 spiro atoms. The van der Waals surface area contributed by atoms with Crippen LogP contribution >= 0.6 is 0 Å². The van der Waals surface area contributed by atoms with Gasteiger partial charge in [0.15, 0.2) is 8.32 Å². The standard InChI is InChI=1S/C28H47N3O5Si/c1-27(2,3)36-26(33)31-19-23(18-24(31)21-35-37(7,8)28(4,5)6)29-14-16-30(17-15-29)25(32)34-20-22-12-10-9-11-13-22/h9-13,23-24H,14-21H2,1-8H3/t23-,24-/m0/s1. The van der Waals surface area contributed by atoms with Crippen molar-refractivity contribution in [2.45, 2.75) is 90.4 Å². The van der Waals surface area contributed by atoms with Crippen molar-refractivity contribution in [3.05, 3.63) is 35.9 Å². The van der Waals surface area contributed by atoms with Crippen molar-refractivity contribution in [1.82, 2.24) is 14.7 Å². The fraction of sp³-hybridized carbons (Fsp3) is 0.714. The summed E-state index contributed by atoms with van der Waals surface area (Å²) in [7, 11) is -1.95. The number of ether oxygens (including phenoxy) is 2. The molecule has 2 amide bonds. The number of benzene rings is 1. The summed E-state index contributed by atoms with van der Waals surface area (Å²) in [6.45, 7) is 21.0. The molecule has 0 saturated carbocycles. The quantitative estimate of drug-likeness (QED) is 0.460. The Morgan fingerprint density at radius 1 is 0.946 bits per heavy atom. The molecule has 0 aromatic heterocycles. The lowest BCUT2D eigenvalue weighted by Crippen LogP contribution is -2.52. The summed E-state index contributed by atoms with van der Waals surface area (Å²) >= 11 is 0. The van der Waals surface area contributed by atoms with Crippen LogP contribution in [0.4, 0.5) is 9.59 Å². The van der Waals surface area contributed by atoms with Crippen LogP contribution in [0.2, 0.25) is 18.1 Å². The van der Waals surface area contributed by atoms with E-state index in [1.807, 2.05) is 56.0 Å². The minimum absolute atomic E-state index is 0.0251. The van der Waals surface area contributed by atoms with Crippen LogP contribution in [0.1, 0.15) is 53.5 Å². The first kappa shape index (κ1) is 29.5. The van der Waals surface area contributed by atoms with E-state index in [1.54, 1.807) is 4.90 Å². The Morgan fingerprint density at radius 3 is 2.14 bits per heavy atom. The summed E-state index contributed by atoms with van der Waals surface area (Å²) in [5, 5.41) is 0.104. The Balaban J connectivity index is 1.58. The van der Waals surface area contributed by atoms with Crippen molar-refractivity contribution in [3.63, 3.8) is 0 Å². The van der Waals surface area contributed by atoms with E-state index in [4.69, 9.17) is 13.9 Å². The number of likely N-dealkylation sites (tertiary alicyclic amines) is 1. The number of hydrogen-bond acceptors (Lipinski definition) is 6. The highest BCUT2D eigenvalue weighted by Gasteiger charge is 2.43. The number of hydrogen-bond donors (Lipinski definition) is 0. The summed E-state index contributed by atoms with van der Waals surface area (Å²) in [4.78, 5) is 31.7. The van der Waals surface area contributed by atoms with Gasteiger partial charge in [0.1, 0.15) is 12.2 Å². The van der Waals surface area contributed by atoms with Gasteiger partial charge in [0.05, 0.1) is 12.6 Å². The van der Waals surface area contributed by atoms with E-state index in [0.29, 0.717) is 26.2 Å². The summed E-state index contributed by atoms with van der Waals surface area (Å²) in [5.41, 5.74) is 0.430. The fourth-order valence-corrected chi connectivity index (χ4v) is 5.50. The largest absolute Gasteiger partial charge is 0.445 e. The lowest BCUT2D eigenvalue weighted by molar-refractivity contribution is 0.0168. The molecule has 0 bridgehead atoms. The van der Waals surface area contributed by atoms with Gasteiger partial charge in [-0.05, 0) is 50.9 Å². The van der Waals surface area contributed by atoms with Gasteiger partial charge in [0.25, 0.3) is 0 Å². The van der Waals surface area contributed by atoms with Crippen molar-refractivity contribution in [2.75, 3.05) is 39.3 Å². The molecular weight excluding hydrogens is 486 g/mol. The molecule has 9 heteroatoms. The third kappa shape index (κ3) is 8.19. The second-order valence-electron chi connectivity index (χ2n) is 12.8. The van der Waals surface area contributed by atoms with Crippen LogP contribution in [0.3, 0.4) is 0 Å². The van der Waals surface area contributed by atoms with Gasteiger partial charge in [-0.25, -0.2) is 9.59 Å². The molecule has 8 nitrogen and oxygen atoms in total. The van der Waals surface area contributed by atoms with Crippen LogP contribution in [0, 0.1) is 0 Å². The monoisotopic (exact) mass is 533 g/mol. The molecule has 2 atom stereocenters. The molecule has 1 aromatic carbocycles. The molecule has 2 saturated heterocycles. The van der Waals surface area contributed by atoms with E-state index < -0.39 is 13.9 Å². The van der Waals surface area contributed by atoms with Crippen LogP contribution < -0.4 is 0 Å².